The van der Waals surface area contributed by atoms with Gasteiger partial charge in [0.15, 0.2) is 0 Å². The number of hydrogen-bond donors (Lipinski definition) is 3. The molecule has 1 aliphatic heterocycles. The highest BCUT2D eigenvalue weighted by atomic mass is 16.5. The van der Waals surface area contributed by atoms with Crippen molar-refractivity contribution in [2.45, 2.75) is 24.9 Å². The topological polar surface area (TPSA) is 94.7 Å². The van der Waals surface area contributed by atoms with Crippen molar-refractivity contribution >= 4 is 11.8 Å². The smallest absolute Gasteiger partial charge is 0.270 e. The van der Waals surface area contributed by atoms with Crippen LogP contribution in [0.1, 0.15) is 40.1 Å². The van der Waals surface area contributed by atoms with E-state index < -0.39 is 5.60 Å². The molecule has 3 rings (SSSR count). The number of amides is 2. The molecule has 1 aromatic carbocycles. The fourth-order valence-corrected chi connectivity index (χ4v) is 3.36. The first kappa shape index (κ1) is 19.0. The van der Waals surface area contributed by atoms with Crippen LogP contribution in [-0.2, 0) is 0 Å². The quantitative estimate of drug-likeness (QED) is 0.747. The van der Waals surface area contributed by atoms with Gasteiger partial charge in [-0.3, -0.25) is 9.59 Å². The van der Waals surface area contributed by atoms with Crippen molar-refractivity contribution in [3.05, 3.63) is 53.9 Å². The predicted octanol–water partition coefficient (Wildman–Crippen LogP) is 1.81. The van der Waals surface area contributed by atoms with Crippen LogP contribution < -0.4 is 10.1 Å². The third-order valence-corrected chi connectivity index (χ3v) is 4.96. The summed E-state index contributed by atoms with van der Waals surface area (Å²) in [6.45, 7) is 1.16. The molecular weight excluding hydrogens is 346 g/mol. The average Bonchev–Trinajstić information content (AvgIpc) is 3.16. The van der Waals surface area contributed by atoms with Gasteiger partial charge in [0.1, 0.15) is 11.4 Å². The number of carbonyl (C=O) groups is 2. The summed E-state index contributed by atoms with van der Waals surface area (Å²) in [5.74, 6) is 0.136. The molecule has 7 nitrogen and oxygen atoms in total. The summed E-state index contributed by atoms with van der Waals surface area (Å²) in [6.07, 6.45) is 3.32. The van der Waals surface area contributed by atoms with Gasteiger partial charge in [0.05, 0.1) is 18.3 Å². The first-order valence-electron chi connectivity index (χ1n) is 9.09. The fraction of sp³-hybridized carbons (Fsp3) is 0.400. The molecule has 1 fully saturated rings. The van der Waals surface area contributed by atoms with Crippen LogP contribution >= 0.6 is 0 Å². The van der Waals surface area contributed by atoms with Gasteiger partial charge in [-0.1, -0.05) is 12.1 Å². The number of benzene rings is 1. The van der Waals surface area contributed by atoms with Crippen molar-refractivity contribution in [3.63, 3.8) is 0 Å². The van der Waals surface area contributed by atoms with Crippen molar-refractivity contribution in [1.29, 1.82) is 0 Å². The van der Waals surface area contributed by atoms with Gasteiger partial charge in [0.25, 0.3) is 11.8 Å². The number of para-hydroxylation sites is 1. The maximum Gasteiger partial charge on any atom is 0.270 e. The van der Waals surface area contributed by atoms with Gasteiger partial charge in [0, 0.05) is 25.8 Å². The Balaban J connectivity index is 1.59. The molecule has 1 saturated heterocycles. The second kappa shape index (κ2) is 8.26. The number of rotatable bonds is 5. The summed E-state index contributed by atoms with van der Waals surface area (Å²) in [5, 5.41) is 13.7. The Kier molecular flexibility index (Phi) is 5.81. The molecule has 2 heterocycles. The lowest BCUT2D eigenvalue weighted by Crippen LogP contribution is -2.44. The minimum atomic E-state index is -1.04. The predicted molar refractivity (Wildman–Crippen MR) is 101 cm³/mol. The Morgan fingerprint density at radius 1 is 1.22 bits per heavy atom. The van der Waals surface area contributed by atoms with Crippen LogP contribution in [0.15, 0.2) is 42.6 Å². The highest BCUT2D eigenvalue weighted by Crippen LogP contribution is 2.23. The number of carbonyl (C=O) groups excluding carboxylic acids is 2. The monoisotopic (exact) mass is 371 g/mol. The molecule has 3 N–H and O–H groups in total. The van der Waals surface area contributed by atoms with Crippen LogP contribution in [0.5, 0.6) is 5.75 Å². The fourth-order valence-electron chi connectivity index (χ4n) is 3.36. The summed E-state index contributed by atoms with van der Waals surface area (Å²) in [7, 11) is 1.51. The van der Waals surface area contributed by atoms with Crippen molar-refractivity contribution < 1.29 is 19.4 Å². The summed E-state index contributed by atoms with van der Waals surface area (Å²) < 4.78 is 5.21. The Morgan fingerprint density at radius 3 is 2.78 bits per heavy atom. The van der Waals surface area contributed by atoms with Gasteiger partial charge < -0.3 is 25.0 Å². The van der Waals surface area contributed by atoms with Crippen LogP contribution in [-0.4, -0.2) is 59.1 Å². The molecule has 0 spiro atoms. The number of aromatic nitrogens is 1. The van der Waals surface area contributed by atoms with E-state index in [0.29, 0.717) is 49.4 Å². The number of likely N-dealkylation sites (tertiary alicyclic amines) is 1. The van der Waals surface area contributed by atoms with Gasteiger partial charge in [-0.15, -0.1) is 0 Å². The second-order valence-corrected chi connectivity index (χ2v) is 6.84. The first-order valence-corrected chi connectivity index (χ1v) is 9.09. The molecule has 2 aromatic rings. The highest BCUT2D eigenvalue weighted by Gasteiger charge is 2.32. The molecule has 1 atom stereocenters. The Bertz CT molecular complexity index is 790. The van der Waals surface area contributed by atoms with Crippen LogP contribution in [0.25, 0.3) is 0 Å². The summed E-state index contributed by atoms with van der Waals surface area (Å²) in [4.78, 5) is 29.6. The van der Waals surface area contributed by atoms with Crippen molar-refractivity contribution in [1.82, 2.24) is 15.2 Å². The van der Waals surface area contributed by atoms with E-state index in [1.54, 1.807) is 47.5 Å². The maximum absolute atomic E-state index is 12.5. The maximum atomic E-state index is 12.5. The summed E-state index contributed by atoms with van der Waals surface area (Å²) in [5.41, 5.74) is -0.0618. The molecular formula is C20H25N3O4. The minimum Gasteiger partial charge on any atom is -0.496 e. The zero-order valence-electron chi connectivity index (χ0n) is 15.4. The van der Waals surface area contributed by atoms with Crippen molar-refractivity contribution in [2.24, 2.45) is 0 Å². The summed E-state index contributed by atoms with van der Waals surface area (Å²) >= 11 is 0. The number of methoxy groups -OCH3 is 1. The molecule has 0 saturated carbocycles. The second-order valence-electron chi connectivity index (χ2n) is 6.84. The standard InChI is InChI=1S/C20H25N3O4/c1-27-17-8-3-2-6-15(17)18(24)22-14-20(26)9-5-12-23(13-10-20)19(25)16-7-4-11-21-16/h2-4,6-8,11,21,26H,5,9-10,12-14H2,1H3,(H,22,24)/t20-/m1/s1. The number of nitrogens with one attached hydrogen (secondary N) is 2. The average molecular weight is 371 g/mol. The van der Waals surface area contributed by atoms with E-state index in [9.17, 15) is 14.7 Å². The van der Waals surface area contributed by atoms with E-state index in [-0.39, 0.29) is 18.4 Å². The van der Waals surface area contributed by atoms with Gasteiger partial charge in [-0.2, -0.15) is 0 Å². The number of hydrogen-bond acceptors (Lipinski definition) is 4. The highest BCUT2D eigenvalue weighted by molar-refractivity contribution is 5.97. The molecule has 0 radical (unpaired) electrons. The first-order chi connectivity index (χ1) is 13.0. The molecule has 1 aromatic heterocycles. The zero-order chi connectivity index (χ0) is 19.3. The van der Waals surface area contributed by atoms with Gasteiger partial charge in [-0.25, -0.2) is 0 Å². The molecule has 7 heteroatoms. The Morgan fingerprint density at radius 2 is 2.04 bits per heavy atom. The van der Waals surface area contributed by atoms with Crippen LogP contribution in [0.4, 0.5) is 0 Å². The third-order valence-electron chi connectivity index (χ3n) is 4.96. The molecule has 2 amide bonds. The van der Waals surface area contributed by atoms with E-state index in [1.165, 1.54) is 7.11 Å². The number of aromatic amines is 1. The molecule has 0 unspecified atom stereocenters. The molecule has 0 bridgehead atoms. The number of H-pyrrole nitrogens is 1. The van der Waals surface area contributed by atoms with Crippen LogP contribution in [0, 0.1) is 0 Å². The number of aliphatic hydroxyl groups is 1. The lowest BCUT2D eigenvalue weighted by atomic mass is 9.94. The van der Waals surface area contributed by atoms with Crippen LogP contribution in [0.2, 0.25) is 0 Å². The van der Waals surface area contributed by atoms with Gasteiger partial charge in [0.2, 0.25) is 0 Å². The van der Waals surface area contributed by atoms with Gasteiger partial charge in [-0.05, 0) is 43.5 Å². The molecule has 144 valence electrons. The molecule has 0 aliphatic carbocycles. The van der Waals surface area contributed by atoms with Gasteiger partial charge >= 0.3 is 0 Å². The summed E-state index contributed by atoms with van der Waals surface area (Å²) in [6, 6.07) is 10.5. The lowest BCUT2D eigenvalue weighted by Gasteiger charge is -2.27. The number of ether oxygens (including phenoxy) is 1. The van der Waals surface area contributed by atoms with Crippen LogP contribution in [0.3, 0.4) is 0 Å². The third kappa shape index (κ3) is 4.49. The molecule has 27 heavy (non-hydrogen) atoms. The van der Waals surface area contributed by atoms with E-state index in [0.717, 1.165) is 0 Å². The normalized spacial score (nSPS) is 20.0. The number of nitrogens with zero attached hydrogens (tertiary/aromatic N) is 1. The van der Waals surface area contributed by atoms with E-state index in [2.05, 4.69) is 10.3 Å². The minimum absolute atomic E-state index is 0.0673. The largest absolute Gasteiger partial charge is 0.496 e. The lowest BCUT2D eigenvalue weighted by molar-refractivity contribution is 0.0249. The van der Waals surface area contributed by atoms with Crippen molar-refractivity contribution in [2.75, 3.05) is 26.7 Å². The molecule has 1 aliphatic rings. The van der Waals surface area contributed by atoms with E-state index in [1.807, 2.05) is 0 Å². The SMILES string of the molecule is COc1ccccc1C(=O)NC[C@@]1(O)CCCN(C(=O)c2ccc[nH]2)CC1. The van der Waals surface area contributed by atoms with E-state index >= 15 is 0 Å². The zero-order valence-corrected chi connectivity index (χ0v) is 15.4. The Hall–Kier alpha value is -2.80. The van der Waals surface area contributed by atoms with Crippen molar-refractivity contribution in [3.8, 4) is 5.75 Å². The van der Waals surface area contributed by atoms with E-state index in [4.69, 9.17) is 4.74 Å². The Labute approximate surface area is 158 Å².